The first-order valence-corrected chi connectivity index (χ1v) is 4.75. The molecule has 0 rings (SSSR count). The molecule has 0 bridgehead atoms. The minimum absolute atomic E-state index is 0.407. The molecule has 0 aromatic carbocycles. The molecule has 0 aliphatic carbocycles. The molecule has 0 fully saturated rings. The first-order valence-electron chi connectivity index (χ1n) is 4.75. The van der Waals surface area contributed by atoms with Gasteiger partial charge in [0.25, 0.3) is 0 Å². The summed E-state index contributed by atoms with van der Waals surface area (Å²) in [5, 5.41) is 3.56. The van der Waals surface area contributed by atoms with Crippen molar-refractivity contribution in [3.05, 3.63) is 0 Å². The van der Waals surface area contributed by atoms with Crippen molar-refractivity contribution in [2.24, 2.45) is 5.41 Å². The Morgan fingerprint density at radius 1 is 1.18 bits per heavy atom. The fourth-order valence-electron chi connectivity index (χ4n) is 1.38. The minimum atomic E-state index is 0.407. The van der Waals surface area contributed by atoms with Gasteiger partial charge in [-0.15, -0.1) is 0 Å². The molecule has 1 atom stereocenters. The summed E-state index contributed by atoms with van der Waals surface area (Å²) in [4.78, 5) is 0. The van der Waals surface area contributed by atoms with Crippen molar-refractivity contribution in [1.29, 1.82) is 0 Å². The summed E-state index contributed by atoms with van der Waals surface area (Å²) < 4.78 is 0. The SMILES string of the molecule is CCCNC(CC)C(C)(C)C. The Kier molecular flexibility index (Phi) is 4.74. The lowest BCUT2D eigenvalue weighted by Gasteiger charge is -2.30. The van der Waals surface area contributed by atoms with Crippen molar-refractivity contribution in [2.45, 2.75) is 53.5 Å². The van der Waals surface area contributed by atoms with E-state index in [9.17, 15) is 0 Å². The molecule has 0 aliphatic heterocycles. The fraction of sp³-hybridized carbons (Fsp3) is 1.00. The fourth-order valence-corrected chi connectivity index (χ4v) is 1.38. The van der Waals surface area contributed by atoms with Gasteiger partial charge in [-0.05, 0) is 24.8 Å². The zero-order valence-electron chi connectivity index (χ0n) is 8.70. The second-order valence-corrected chi connectivity index (χ2v) is 4.28. The summed E-state index contributed by atoms with van der Waals surface area (Å²) in [5.74, 6) is 0. The van der Waals surface area contributed by atoms with E-state index < -0.39 is 0 Å². The van der Waals surface area contributed by atoms with Crippen LogP contribution in [0.15, 0.2) is 0 Å². The molecule has 0 aromatic rings. The smallest absolute Gasteiger partial charge is 0.0113 e. The van der Waals surface area contributed by atoms with Crippen molar-refractivity contribution < 1.29 is 0 Å². The summed E-state index contributed by atoms with van der Waals surface area (Å²) in [5.41, 5.74) is 0.407. The number of hydrogen-bond donors (Lipinski definition) is 1. The van der Waals surface area contributed by atoms with Gasteiger partial charge in [0.05, 0.1) is 0 Å². The van der Waals surface area contributed by atoms with E-state index in [0.29, 0.717) is 11.5 Å². The van der Waals surface area contributed by atoms with Gasteiger partial charge in [-0.1, -0.05) is 34.6 Å². The van der Waals surface area contributed by atoms with Crippen LogP contribution in [0.25, 0.3) is 0 Å². The van der Waals surface area contributed by atoms with Crippen LogP contribution in [0.3, 0.4) is 0 Å². The van der Waals surface area contributed by atoms with Gasteiger partial charge in [0.15, 0.2) is 0 Å². The quantitative estimate of drug-likeness (QED) is 0.661. The van der Waals surface area contributed by atoms with E-state index in [2.05, 4.69) is 39.9 Å². The number of rotatable bonds is 4. The van der Waals surface area contributed by atoms with Gasteiger partial charge in [-0.2, -0.15) is 0 Å². The van der Waals surface area contributed by atoms with Crippen LogP contribution in [-0.4, -0.2) is 12.6 Å². The van der Waals surface area contributed by atoms with E-state index in [0.717, 1.165) is 6.54 Å². The standard InChI is InChI=1S/C10H23N/c1-6-8-11-9(7-2)10(3,4)5/h9,11H,6-8H2,1-5H3. The van der Waals surface area contributed by atoms with Gasteiger partial charge in [0.1, 0.15) is 0 Å². The van der Waals surface area contributed by atoms with Crippen molar-refractivity contribution in [3.8, 4) is 0 Å². The summed E-state index contributed by atoms with van der Waals surface area (Å²) in [6, 6.07) is 0.669. The average Bonchev–Trinajstić information content (AvgIpc) is 1.87. The highest BCUT2D eigenvalue weighted by Gasteiger charge is 2.21. The maximum Gasteiger partial charge on any atom is 0.0113 e. The van der Waals surface area contributed by atoms with Crippen LogP contribution in [0.2, 0.25) is 0 Å². The number of nitrogens with one attached hydrogen (secondary N) is 1. The van der Waals surface area contributed by atoms with E-state index in [1.54, 1.807) is 0 Å². The van der Waals surface area contributed by atoms with Crippen LogP contribution in [-0.2, 0) is 0 Å². The molecular weight excluding hydrogens is 134 g/mol. The predicted molar refractivity (Wildman–Crippen MR) is 51.8 cm³/mol. The van der Waals surface area contributed by atoms with Gasteiger partial charge in [-0.25, -0.2) is 0 Å². The molecule has 1 nitrogen and oxygen atoms in total. The summed E-state index contributed by atoms with van der Waals surface area (Å²) in [6.07, 6.45) is 2.45. The monoisotopic (exact) mass is 157 g/mol. The lowest BCUT2D eigenvalue weighted by Crippen LogP contribution is -2.40. The molecule has 0 heterocycles. The molecule has 0 aliphatic rings. The molecular formula is C10H23N. The second kappa shape index (κ2) is 4.76. The van der Waals surface area contributed by atoms with Gasteiger partial charge in [0.2, 0.25) is 0 Å². The van der Waals surface area contributed by atoms with Crippen LogP contribution in [0.1, 0.15) is 47.5 Å². The third-order valence-corrected chi connectivity index (χ3v) is 2.09. The van der Waals surface area contributed by atoms with E-state index in [1.165, 1.54) is 12.8 Å². The van der Waals surface area contributed by atoms with Gasteiger partial charge in [-0.3, -0.25) is 0 Å². The maximum atomic E-state index is 3.56. The third kappa shape index (κ3) is 4.41. The Balaban J connectivity index is 3.76. The van der Waals surface area contributed by atoms with E-state index in [4.69, 9.17) is 0 Å². The van der Waals surface area contributed by atoms with Crippen LogP contribution in [0.4, 0.5) is 0 Å². The Morgan fingerprint density at radius 2 is 1.73 bits per heavy atom. The molecule has 0 saturated carbocycles. The normalized spacial score (nSPS) is 15.0. The highest BCUT2D eigenvalue weighted by Crippen LogP contribution is 2.21. The van der Waals surface area contributed by atoms with Gasteiger partial charge < -0.3 is 5.32 Å². The zero-order chi connectivity index (χ0) is 8.91. The first kappa shape index (κ1) is 11.0. The third-order valence-electron chi connectivity index (χ3n) is 2.09. The lowest BCUT2D eigenvalue weighted by atomic mass is 9.85. The van der Waals surface area contributed by atoms with Crippen LogP contribution < -0.4 is 5.32 Å². The molecule has 0 amide bonds. The second-order valence-electron chi connectivity index (χ2n) is 4.28. The van der Waals surface area contributed by atoms with Crippen LogP contribution >= 0.6 is 0 Å². The summed E-state index contributed by atoms with van der Waals surface area (Å²) >= 11 is 0. The Hall–Kier alpha value is -0.0400. The van der Waals surface area contributed by atoms with Gasteiger partial charge >= 0.3 is 0 Å². The predicted octanol–water partition coefficient (Wildman–Crippen LogP) is 2.81. The Bertz CT molecular complexity index is 91.5. The van der Waals surface area contributed by atoms with Crippen LogP contribution in [0, 0.1) is 5.41 Å². The highest BCUT2D eigenvalue weighted by molar-refractivity contribution is 4.78. The molecule has 68 valence electrons. The largest absolute Gasteiger partial charge is 0.313 e. The topological polar surface area (TPSA) is 12.0 Å². The summed E-state index contributed by atoms with van der Waals surface area (Å²) in [7, 11) is 0. The molecule has 1 N–H and O–H groups in total. The van der Waals surface area contributed by atoms with Crippen LogP contribution in [0.5, 0.6) is 0 Å². The Labute approximate surface area is 71.6 Å². The van der Waals surface area contributed by atoms with Crippen molar-refractivity contribution in [3.63, 3.8) is 0 Å². The van der Waals surface area contributed by atoms with E-state index in [1.807, 2.05) is 0 Å². The van der Waals surface area contributed by atoms with E-state index in [-0.39, 0.29) is 0 Å². The molecule has 0 aromatic heterocycles. The van der Waals surface area contributed by atoms with Crippen molar-refractivity contribution in [1.82, 2.24) is 5.32 Å². The van der Waals surface area contributed by atoms with Gasteiger partial charge in [0, 0.05) is 6.04 Å². The molecule has 1 unspecified atom stereocenters. The first-order chi connectivity index (χ1) is 5.02. The van der Waals surface area contributed by atoms with E-state index >= 15 is 0 Å². The molecule has 0 spiro atoms. The lowest BCUT2D eigenvalue weighted by molar-refractivity contribution is 0.262. The average molecular weight is 157 g/mol. The Morgan fingerprint density at radius 3 is 2.00 bits per heavy atom. The summed E-state index contributed by atoms with van der Waals surface area (Å²) in [6.45, 7) is 12.5. The molecule has 1 heteroatoms. The highest BCUT2D eigenvalue weighted by atomic mass is 14.9. The maximum absolute atomic E-state index is 3.56. The molecule has 11 heavy (non-hydrogen) atoms. The number of hydrogen-bond acceptors (Lipinski definition) is 1. The van der Waals surface area contributed by atoms with Crippen molar-refractivity contribution >= 4 is 0 Å². The zero-order valence-corrected chi connectivity index (χ0v) is 8.70. The molecule has 0 saturated heterocycles. The minimum Gasteiger partial charge on any atom is -0.313 e. The van der Waals surface area contributed by atoms with Crippen molar-refractivity contribution in [2.75, 3.05) is 6.54 Å². The molecule has 0 radical (unpaired) electrons.